The molecule has 0 bridgehead atoms. The first-order chi connectivity index (χ1) is 12.2. The molecule has 0 aromatic carbocycles. The first-order valence-electron chi connectivity index (χ1n) is 9.02. The highest BCUT2D eigenvalue weighted by Crippen LogP contribution is 2.13. The van der Waals surface area contributed by atoms with E-state index in [4.69, 9.17) is 4.74 Å². The Morgan fingerprint density at radius 1 is 1.19 bits per heavy atom. The van der Waals surface area contributed by atoms with Gasteiger partial charge in [-0.05, 0) is 12.3 Å². The summed E-state index contributed by atoms with van der Waals surface area (Å²) in [6.07, 6.45) is 1.01. The Morgan fingerprint density at radius 3 is 2.31 bits per heavy atom. The first kappa shape index (κ1) is 22.7. The molecule has 2 N–H and O–H groups in total. The molecule has 1 heterocycles. The van der Waals surface area contributed by atoms with E-state index < -0.39 is 28.1 Å². The van der Waals surface area contributed by atoms with Crippen molar-refractivity contribution >= 4 is 22.1 Å². The van der Waals surface area contributed by atoms with Crippen molar-refractivity contribution in [3.8, 4) is 0 Å². The third-order valence-corrected chi connectivity index (χ3v) is 6.35. The van der Waals surface area contributed by atoms with E-state index in [0.717, 1.165) is 12.8 Å². The van der Waals surface area contributed by atoms with Crippen LogP contribution in [0.5, 0.6) is 0 Å². The number of carbonyl (C=O) groups is 2. The monoisotopic (exact) mass is 393 g/mol. The van der Waals surface area contributed by atoms with Crippen LogP contribution in [0.25, 0.3) is 0 Å². The van der Waals surface area contributed by atoms with Crippen LogP contribution in [0, 0.1) is 5.92 Å². The zero-order chi connectivity index (χ0) is 19.7. The predicted octanol–water partition coefficient (Wildman–Crippen LogP) is 0.569. The number of amides is 1. The van der Waals surface area contributed by atoms with Gasteiger partial charge in [0.15, 0.2) is 0 Å². The second-order valence-corrected chi connectivity index (χ2v) is 8.85. The Bertz CT molecular complexity index is 558. The molecule has 9 nitrogen and oxygen atoms in total. The third kappa shape index (κ3) is 7.46. The number of aliphatic carboxylic acids is 1. The van der Waals surface area contributed by atoms with E-state index in [9.17, 15) is 23.1 Å². The van der Waals surface area contributed by atoms with E-state index >= 15 is 0 Å². The molecule has 0 aromatic heterocycles. The van der Waals surface area contributed by atoms with Crippen LogP contribution in [0.1, 0.15) is 33.6 Å². The Balaban J connectivity index is 2.53. The van der Waals surface area contributed by atoms with Crippen molar-refractivity contribution in [3.05, 3.63) is 0 Å². The number of sulfonamides is 1. The molecule has 1 aliphatic rings. The average Bonchev–Trinajstić information content (AvgIpc) is 2.54. The number of hydrogen-bond acceptors (Lipinski definition) is 6. The van der Waals surface area contributed by atoms with Crippen molar-refractivity contribution in [1.82, 2.24) is 14.5 Å². The van der Waals surface area contributed by atoms with E-state index in [1.54, 1.807) is 4.90 Å². The first-order valence-corrected chi connectivity index (χ1v) is 10.6. The molecular formula is C16H31N3O6S. The van der Waals surface area contributed by atoms with Gasteiger partial charge in [-0.3, -0.25) is 9.69 Å². The second-order valence-electron chi connectivity index (χ2n) is 6.83. The van der Waals surface area contributed by atoms with Crippen molar-refractivity contribution in [2.45, 2.75) is 39.7 Å². The highest BCUT2D eigenvalue weighted by Gasteiger charge is 2.33. The van der Waals surface area contributed by atoms with E-state index in [2.05, 4.69) is 5.32 Å². The quantitative estimate of drug-likeness (QED) is 0.521. The molecule has 1 unspecified atom stereocenters. The molecule has 1 aliphatic heterocycles. The lowest BCUT2D eigenvalue weighted by Crippen LogP contribution is -2.57. The largest absolute Gasteiger partial charge is 0.480 e. The van der Waals surface area contributed by atoms with E-state index in [1.807, 2.05) is 20.8 Å². The van der Waals surface area contributed by atoms with Gasteiger partial charge >= 0.3 is 12.1 Å². The van der Waals surface area contributed by atoms with Gasteiger partial charge in [-0.15, -0.1) is 0 Å². The number of alkyl carbamates (subject to hydrolysis) is 1. The fourth-order valence-corrected chi connectivity index (χ4v) is 4.51. The molecule has 1 rings (SSSR count). The zero-order valence-corrected chi connectivity index (χ0v) is 16.6. The Morgan fingerprint density at radius 2 is 1.81 bits per heavy atom. The predicted molar refractivity (Wildman–Crippen MR) is 97.5 cm³/mol. The molecule has 0 spiro atoms. The molecular weight excluding hydrogens is 362 g/mol. The molecule has 10 heteroatoms. The van der Waals surface area contributed by atoms with E-state index in [1.165, 1.54) is 4.31 Å². The van der Waals surface area contributed by atoms with Gasteiger partial charge in [-0.2, -0.15) is 4.31 Å². The van der Waals surface area contributed by atoms with Crippen LogP contribution in [0.2, 0.25) is 0 Å². The number of rotatable bonds is 10. The summed E-state index contributed by atoms with van der Waals surface area (Å²) in [7, 11) is -3.32. The fraction of sp³-hybridized carbons (Fsp3) is 0.875. The topological polar surface area (TPSA) is 116 Å². The number of unbranched alkanes of at least 4 members (excludes halogenated alkanes) is 1. The molecule has 1 atom stereocenters. The van der Waals surface area contributed by atoms with Gasteiger partial charge in [-0.25, -0.2) is 13.2 Å². The van der Waals surface area contributed by atoms with Gasteiger partial charge in [0, 0.05) is 32.7 Å². The molecule has 0 aliphatic carbocycles. The standard InChI is InChI=1S/C16H31N3O6S/c1-4-5-10-25-16(22)17-11-14(15(20)21)18-6-8-19(9-7-18)26(23,24)12-13(2)3/h13-14H,4-12H2,1-3H3,(H,17,22)(H,20,21). The van der Waals surface area contributed by atoms with E-state index in [-0.39, 0.29) is 31.3 Å². The summed E-state index contributed by atoms with van der Waals surface area (Å²) in [6.45, 7) is 6.99. The normalized spacial score (nSPS) is 17.8. The fourth-order valence-electron chi connectivity index (χ4n) is 2.73. The van der Waals surface area contributed by atoms with Crippen LogP contribution >= 0.6 is 0 Å². The van der Waals surface area contributed by atoms with Gasteiger partial charge in [0.1, 0.15) is 6.04 Å². The third-order valence-electron chi connectivity index (χ3n) is 4.11. The average molecular weight is 394 g/mol. The lowest BCUT2D eigenvalue weighted by atomic mass is 10.2. The Kier molecular flexibility index (Phi) is 9.31. The van der Waals surface area contributed by atoms with E-state index in [0.29, 0.717) is 19.7 Å². The minimum absolute atomic E-state index is 0.0349. The summed E-state index contributed by atoms with van der Waals surface area (Å²) >= 11 is 0. The molecule has 0 aromatic rings. The summed E-state index contributed by atoms with van der Waals surface area (Å²) in [5.74, 6) is -0.939. The number of ether oxygens (including phenoxy) is 1. The lowest BCUT2D eigenvalue weighted by molar-refractivity contribution is -0.143. The SMILES string of the molecule is CCCCOC(=O)NCC(C(=O)O)N1CCN(S(=O)(=O)CC(C)C)CC1. The van der Waals surface area contributed by atoms with Gasteiger partial charge in [0.2, 0.25) is 10.0 Å². The van der Waals surface area contributed by atoms with Crippen LogP contribution in [-0.2, 0) is 19.6 Å². The summed E-state index contributed by atoms with van der Waals surface area (Å²) in [6, 6.07) is -0.913. The minimum atomic E-state index is -3.32. The number of carboxylic acid groups (broad SMARTS) is 1. The van der Waals surface area contributed by atoms with Crippen LogP contribution in [-0.4, -0.2) is 85.9 Å². The molecule has 1 fully saturated rings. The molecule has 152 valence electrons. The maximum atomic E-state index is 12.3. The number of carboxylic acids is 1. The summed E-state index contributed by atoms with van der Waals surface area (Å²) in [4.78, 5) is 24.8. The van der Waals surface area contributed by atoms with Crippen LogP contribution in [0.4, 0.5) is 4.79 Å². The number of piperazine rings is 1. The maximum absolute atomic E-state index is 12.3. The van der Waals surface area contributed by atoms with Crippen molar-refractivity contribution in [2.75, 3.05) is 45.1 Å². The number of hydrogen-bond donors (Lipinski definition) is 2. The molecule has 26 heavy (non-hydrogen) atoms. The molecule has 1 amide bonds. The van der Waals surface area contributed by atoms with Crippen LogP contribution in [0.15, 0.2) is 0 Å². The van der Waals surface area contributed by atoms with Crippen molar-refractivity contribution in [1.29, 1.82) is 0 Å². The molecule has 0 saturated carbocycles. The van der Waals surface area contributed by atoms with Crippen molar-refractivity contribution in [2.24, 2.45) is 5.92 Å². The van der Waals surface area contributed by atoms with Crippen molar-refractivity contribution < 1.29 is 27.9 Å². The van der Waals surface area contributed by atoms with Gasteiger partial charge in [0.05, 0.1) is 12.4 Å². The zero-order valence-electron chi connectivity index (χ0n) is 15.8. The number of carbonyl (C=O) groups excluding carboxylic acids is 1. The summed E-state index contributed by atoms with van der Waals surface area (Å²) in [5, 5.41) is 11.9. The van der Waals surface area contributed by atoms with Gasteiger partial charge in [-0.1, -0.05) is 27.2 Å². The highest BCUT2D eigenvalue weighted by molar-refractivity contribution is 7.89. The van der Waals surface area contributed by atoms with Gasteiger partial charge < -0.3 is 15.2 Å². The van der Waals surface area contributed by atoms with Crippen LogP contribution in [0.3, 0.4) is 0 Å². The Labute approximate surface area is 155 Å². The van der Waals surface area contributed by atoms with Crippen molar-refractivity contribution in [3.63, 3.8) is 0 Å². The number of nitrogens with zero attached hydrogens (tertiary/aromatic N) is 2. The second kappa shape index (κ2) is 10.7. The molecule has 0 radical (unpaired) electrons. The summed E-state index contributed by atoms with van der Waals surface area (Å²) in [5.41, 5.74) is 0. The maximum Gasteiger partial charge on any atom is 0.407 e. The minimum Gasteiger partial charge on any atom is -0.480 e. The van der Waals surface area contributed by atoms with Crippen LogP contribution < -0.4 is 5.32 Å². The molecule has 1 saturated heterocycles. The summed E-state index contributed by atoms with van der Waals surface area (Å²) < 4.78 is 30.9. The Hall–Kier alpha value is -1.39. The lowest BCUT2D eigenvalue weighted by Gasteiger charge is -2.37. The smallest absolute Gasteiger partial charge is 0.407 e. The van der Waals surface area contributed by atoms with Gasteiger partial charge in [0.25, 0.3) is 0 Å². The highest BCUT2D eigenvalue weighted by atomic mass is 32.2. The number of nitrogens with one attached hydrogen (secondary N) is 1.